The summed E-state index contributed by atoms with van der Waals surface area (Å²) >= 11 is 0. The molecule has 306 valence electrons. The van der Waals surface area contributed by atoms with Crippen molar-refractivity contribution in [1.29, 1.82) is 0 Å². The molecule has 0 radical (unpaired) electrons. The Morgan fingerprint density at radius 2 is 0.460 bits per heavy atom. The number of fused-ring (bicyclic) bond motifs is 1. The summed E-state index contributed by atoms with van der Waals surface area (Å²) in [4.78, 5) is 29.8. The highest BCUT2D eigenvalue weighted by molar-refractivity contribution is 5.87. The second-order valence-electron chi connectivity index (χ2n) is 18.0. The lowest BCUT2D eigenvalue weighted by Gasteiger charge is -2.44. The van der Waals surface area contributed by atoms with E-state index < -0.39 is 0 Å². The number of nitrogens with zero attached hydrogens (tertiary/aromatic N) is 6. The molecule has 0 amide bonds. The summed E-state index contributed by atoms with van der Waals surface area (Å²) in [6.45, 7) is 14.4. The topological polar surface area (TPSA) is 77.3 Å². The largest absolute Gasteiger partial charge is 0.208 e. The van der Waals surface area contributed by atoms with Crippen molar-refractivity contribution in [1.82, 2.24) is 29.9 Å². The van der Waals surface area contributed by atoms with Crippen LogP contribution in [0.5, 0.6) is 0 Å². The van der Waals surface area contributed by atoms with E-state index in [0.717, 1.165) is 44.5 Å². The lowest BCUT2D eigenvalue weighted by molar-refractivity contribution is 0.125. The van der Waals surface area contributed by atoms with Gasteiger partial charge in [-0.3, -0.25) is 0 Å². The quantitative estimate of drug-likeness (QED) is 0.152. The molecule has 0 spiro atoms. The van der Waals surface area contributed by atoms with Crippen molar-refractivity contribution in [2.75, 3.05) is 0 Å². The smallest absolute Gasteiger partial charge is 0.164 e. The van der Waals surface area contributed by atoms with Crippen LogP contribution in [0.2, 0.25) is 0 Å². The zero-order valence-corrected chi connectivity index (χ0v) is 36.5. The van der Waals surface area contributed by atoms with Gasteiger partial charge in [-0.05, 0) is 61.8 Å². The Balaban J connectivity index is 1.08. The molecule has 0 unspecified atom stereocenters. The number of benzene rings is 7. The van der Waals surface area contributed by atoms with Gasteiger partial charge in [-0.1, -0.05) is 211 Å². The van der Waals surface area contributed by atoms with Crippen LogP contribution in [0, 0.1) is 5.41 Å². The van der Waals surface area contributed by atoms with E-state index in [1.165, 1.54) is 22.3 Å². The molecule has 0 aliphatic heterocycles. The minimum atomic E-state index is -0.0684. The SMILES string of the molecule is CC1(C)c2cc(-c3ccc(-c4nc(-c5ccccc5)nc(-c5ccccc5)n4)cc3)c(-c3ccc(-c4nc(-c5ccccc5)nc(-c5ccccc5)n4)cc3)cc2C(C)(C)C1(C)C. The Hall–Kier alpha value is -7.44. The van der Waals surface area contributed by atoms with Crippen molar-refractivity contribution in [2.45, 2.75) is 52.4 Å². The maximum absolute atomic E-state index is 5.01. The molecule has 9 aromatic rings. The summed E-state index contributed by atoms with van der Waals surface area (Å²) < 4.78 is 0. The first-order valence-electron chi connectivity index (χ1n) is 21.6. The first-order chi connectivity index (χ1) is 30.5. The lowest BCUT2D eigenvalue weighted by Crippen LogP contribution is -2.42. The molecule has 0 bridgehead atoms. The fraction of sp³-hybridized carbons (Fsp3) is 0.158. The third kappa shape index (κ3) is 7.02. The molecule has 0 saturated carbocycles. The van der Waals surface area contributed by atoms with Crippen molar-refractivity contribution >= 4 is 0 Å². The van der Waals surface area contributed by atoms with Gasteiger partial charge in [0.05, 0.1) is 0 Å². The highest BCUT2D eigenvalue weighted by Gasteiger charge is 2.57. The standard InChI is InChI=1S/C57H48N6/c1-55(2)47-35-45(37-27-31-43(32-28-37)53-60-49(39-19-11-7-12-20-39)58-50(61-53)40-21-13-8-14-22-40)46(36-48(47)56(3,4)57(55,5)6)38-29-33-44(34-30-38)54-62-51(41-23-15-9-16-24-41)59-52(63-54)42-25-17-10-18-26-42/h7-36H,1-6H3. The first kappa shape index (κ1) is 39.7. The van der Waals surface area contributed by atoms with E-state index in [0.29, 0.717) is 34.9 Å². The van der Waals surface area contributed by atoms with E-state index in [2.05, 4.69) is 102 Å². The highest BCUT2D eigenvalue weighted by Crippen LogP contribution is 2.62. The molecule has 0 N–H and O–H groups in total. The van der Waals surface area contributed by atoms with Crippen molar-refractivity contribution in [2.24, 2.45) is 5.41 Å². The van der Waals surface area contributed by atoms with Crippen LogP contribution in [-0.4, -0.2) is 29.9 Å². The maximum atomic E-state index is 5.01. The van der Waals surface area contributed by atoms with E-state index in [1.54, 1.807) is 0 Å². The van der Waals surface area contributed by atoms with Gasteiger partial charge in [0.2, 0.25) is 0 Å². The minimum Gasteiger partial charge on any atom is -0.208 e. The second-order valence-corrected chi connectivity index (χ2v) is 18.0. The predicted molar refractivity (Wildman–Crippen MR) is 257 cm³/mol. The summed E-state index contributed by atoms with van der Waals surface area (Å²) in [6.07, 6.45) is 0. The Labute approximate surface area is 369 Å². The molecule has 2 heterocycles. The molecule has 6 heteroatoms. The van der Waals surface area contributed by atoms with Gasteiger partial charge in [-0.15, -0.1) is 0 Å². The number of hydrogen-bond donors (Lipinski definition) is 0. The zero-order chi connectivity index (χ0) is 43.3. The Kier molecular flexibility index (Phi) is 9.75. The number of aromatic nitrogens is 6. The van der Waals surface area contributed by atoms with Crippen molar-refractivity contribution in [3.05, 3.63) is 193 Å². The van der Waals surface area contributed by atoms with Gasteiger partial charge in [0.25, 0.3) is 0 Å². The summed E-state index contributed by atoms with van der Waals surface area (Å²) in [5.41, 5.74) is 12.9. The molecule has 6 nitrogen and oxygen atoms in total. The van der Waals surface area contributed by atoms with Crippen molar-refractivity contribution < 1.29 is 0 Å². The molecular formula is C57H48N6. The van der Waals surface area contributed by atoms with E-state index in [4.69, 9.17) is 29.9 Å². The maximum Gasteiger partial charge on any atom is 0.164 e. The fourth-order valence-electron chi connectivity index (χ4n) is 9.04. The first-order valence-corrected chi connectivity index (χ1v) is 21.6. The van der Waals surface area contributed by atoms with Gasteiger partial charge < -0.3 is 0 Å². The van der Waals surface area contributed by atoms with Crippen molar-refractivity contribution in [3.8, 4) is 90.6 Å². The summed E-state index contributed by atoms with van der Waals surface area (Å²) in [7, 11) is 0. The molecule has 2 aromatic heterocycles. The van der Waals surface area contributed by atoms with Crippen LogP contribution >= 0.6 is 0 Å². The Morgan fingerprint density at radius 3 is 0.698 bits per heavy atom. The summed E-state index contributed by atoms with van der Waals surface area (Å²) in [6, 6.07) is 62.7. The predicted octanol–water partition coefficient (Wildman–Crippen LogP) is 14.0. The third-order valence-corrected chi connectivity index (χ3v) is 13.9. The summed E-state index contributed by atoms with van der Waals surface area (Å²) in [5.74, 6) is 3.84. The van der Waals surface area contributed by atoms with Crippen LogP contribution in [0.4, 0.5) is 0 Å². The Bertz CT molecular complexity index is 2760. The average Bonchev–Trinajstić information content (AvgIpc) is 3.44. The molecule has 7 aromatic carbocycles. The molecule has 10 rings (SSSR count). The minimum absolute atomic E-state index is 0.00313. The average molecular weight is 817 g/mol. The van der Waals surface area contributed by atoms with Gasteiger partial charge >= 0.3 is 0 Å². The van der Waals surface area contributed by atoms with Gasteiger partial charge in [0, 0.05) is 33.4 Å². The fourth-order valence-corrected chi connectivity index (χ4v) is 9.04. The second kappa shape index (κ2) is 15.5. The van der Waals surface area contributed by atoms with Crippen LogP contribution < -0.4 is 0 Å². The van der Waals surface area contributed by atoms with Gasteiger partial charge in [-0.2, -0.15) is 0 Å². The third-order valence-electron chi connectivity index (χ3n) is 13.9. The van der Waals surface area contributed by atoms with E-state index in [-0.39, 0.29) is 16.2 Å². The molecular weight excluding hydrogens is 769 g/mol. The highest BCUT2D eigenvalue weighted by atomic mass is 15.0. The molecule has 0 saturated heterocycles. The van der Waals surface area contributed by atoms with Crippen LogP contribution in [0.15, 0.2) is 182 Å². The van der Waals surface area contributed by atoms with Gasteiger partial charge in [0.15, 0.2) is 34.9 Å². The van der Waals surface area contributed by atoms with E-state index in [9.17, 15) is 0 Å². The van der Waals surface area contributed by atoms with Gasteiger partial charge in [0.1, 0.15) is 0 Å². The molecule has 0 atom stereocenters. The molecule has 1 aliphatic rings. The van der Waals surface area contributed by atoms with Gasteiger partial charge in [-0.25, -0.2) is 29.9 Å². The normalized spacial score (nSPS) is 14.6. The van der Waals surface area contributed by atoms with Crippen molar-refractivity contribution in [3.63, 3.8) is 0 Å². The van der Waals surface area contributed by atoms with Crippen LogP contribution in [0.3, 0.4) is 0 Å². The van der Waals surface area contributed by atoms with Crippen LogP contribution in [-0.2, 0) is 10.8 Å². The lowest BCUT2D eigenvalue weighted by atomic mass is 9.59. The van der Waals surface area contributed by atoms with E-state index >= 15 is 0 Å². The summed E-state index contributed by atoms with van der Waals surface area (Å²) in [5, 5.41) is 0. The monoisotopic (exact) mass is 816 g/mol. The van der Waals surface area contributed by atoms with Crippen LogP contribution in [0.1, 0.15) is 52.7 Å². The van der Waals surface area contributed by atoms with Crippen LogP contribution in [0.25, 0.3) is 90.6 Å². The number of rotatable bonds is 8. The Morgan fingerprint density at radius 1 is 0.254 bits per heavy atom. The van der Waals surface area contributed by atoms with E-state index in [1.807, 2.05) is 121 Å². The molecule has 0 fully saturated rings. The molecule has 1 aliphatic carbocycles. The zero-order valence-electron chi connectivity index (χ0n) is 36.5. The molecule has 63 heavy (non-hydrogen) atoms. The number of hydrogen-bond acceptors (Lipinski definition) is 6.